The first-order chi connectivity index (χ1) is 12.1. The van der Waals surface area contributed by atoms with Gasteiger partial charge in [-0.3, -0.25) is 4.79 Å². The van der Waals surface area contributed by atoms with E-state index in [0.717, 1.165) is 32.1 Å². The minimum atomic E-state index is -0.422. The Morgan fingerprint density at radius 1 is 1.32 bits per heavy atom. The van der Waals surface area contributed by atoms with Crippen molar-refractivity contribution >= 4 is 29.3 Å². The lowest BCUT2D eigenvalue weighted by molar-refractivity contribution is -0.119. The lowest BCUT2D eigenvalue weighted by Crippen LogP contribution is -2.56. The minimum Gasteiger partial charge on any atom is -0.462 e. The number of hydrogen-bond acceptors (Lipinski definition) is 7. The molecule has 7 heteroatoms. The molecule has 2 aliphatic rings. The predicted molar refractivity (Wildman–Crippen MR) is 97.2 cm³/mol. The molecule has 1 saturated heterocycles. The van der Waals surface area contributed by atoms with Gasteiger partial charge in [-0.05, 0) is 32.4 Å². The Balaban J connectivity index is 2.06. The number of rotatable bonds is 4. The van der Waals surface area contributed by atoms with Crippen LogP contribution in [0.15, 0.2) is 11.4 Å². The quantitative estimate of drug-likeness (QED) is 0.462. The maximum Gasteiger partial charge on any atom is 0.343 e. The molecular formula is C18H25N3O3S. The minimum absolute atomic E-state index is 0.0720. The molecule has 136 valence electrons. The molecule has 3 rings (SSSR count). The Hall–Kier alpha value is -1.63. The summed E-state index contributed by atoms with van der Waals surface area (Å²) < 4.78 is 5.20. The van der Waals surface area contributed by atoms with Gasteiger partial charge in [0.05, 0.1) is 13.2 Å². The Morgan fingerprint density at radius 3 is 2.76 bits per heavy atom. The number of Topliss-reactive ketones (excluding diaryl/α,β-unsaturated/α-hetero) is 1. The van der Waals surface area contributed by atoms with Gasteiger partial charge in [0.1, 0.15) is 11.4 Å². The third-order valence-corrected chi connectivity index (χ3v) is 5.80. The predicted octanol–water partition coefficient (Wildman–Crippen LogP) is 3.25. The summed E-state index contributed by atoms with van der Waals surface area (Å²) in [5.74, 6) is 0.345. The van der Waals surface area contributed by atoms with Gasteiger partial charge >= 0.3 is 5.97 Å². The smallest absolute Gasteiger partial charge is 0.343 e. The largest absolute Gasteiger partial charge is 0.462 e. The van der Waals surface area contributed by atoms with Crippen LogP contribution in [-0.2, 0) is 9.53 Å². The molecule has 2 heterocycles. The van der Waals surface area contributed by atoms with Gasteiger partial charge < -0.3 is 9.64 Å². The first kappa shape index (κ1) is 18.2. The van der Waals surface area contributed by atoms with E-state index in [0.29, 0.717) is 36.1 Å². The lowest BCUT2D eigenvalue weighted by Gasteiger charge is -2.50. The van der Waals surface area contributed by atoms with Crippen molar-refractivity contribution in [3.05, 3.63) is 11.8 Å². The molecule has 1 aromatic rings. The van der Waals surface area contributed by atoms with Gasteiger partial charge in [-0.2, -0.15) is 0 Å². The van der Waals surface area contributed by atoms with Crippen LogP contribution in [0.25, 0.3) is 0 Å². The zero-order valence-electron chi connectivity index (χ0n) is 14.9. The molecule has 0 amide bonds. The third-order valence-electron chi connectivity index (χ3n) is 5.24. The maximum atomic E-state index is 12.4. The van der Waals surface area contributed by atoms with E-state index < -0.39 is 5.97 Å². The topological polar surface area (TPSA) is 72.4 Å². The van der Waals surface area contributed by atoms with Gasteiger partial charge in [0.2, 0.25) is 0 Å². The van der Waals surface area contributed by atoms with Crippen LogP contribution in [-0.4, -0.2) is 46.7 Å². The zero-order chi connectivity index (χ0) is 17.9. The second-order valence-electron chi connectivity index (χ2n) is 6.72. The summed E-state index contributed by atoms with van der Waals surface area (Å²) in [4.78, 5) is 35.6. The number of ketones is 1. The normalized spacial score (nSPS) is 19.9. The molecule has 0 unspecified atom stereocenters. The second kappa shape index (κ2) is 7.72. The fraction of sp³-hybridized carbons (Fsp3) is 0.667. The Labute approximate surface area is 152 Å². The van der Waals surface area contributed by atoms with Gasteiger partial charge in [-0.1, -0.05) is 31.0 Å². The number of carbonyl (C=O) groups is 2. The number of anilines is 1. The fourth-order valence-electron chi connectivity index (χ4n) is 3.97. The SMILES string of the molecule is CCOC(=O)c1cnc(SC)nc1N1CC(=O)CCC12CCCCC2. The third kappa shape index (κ3) is 3.66. The average molecular weight is 363 g/mol. The van der Waals surface area contributed by atoms with Crippen LogP contribution < -0.4 is 4.90 Å². The molecule has 1 aromatic heterocycles. The Kier molecular flexibility index (Phi) is 5.61. The molecule has 6 nitrogen and oxygen atoms in total. The van der Waals surface area contributed by atoms with Gasteiger partial charge in [-0.15, -0.1) is 0 Å². The molecule has 25 heavy (non-hydrogen) atoms. The van der Waals surface area contributed by atoms with Gasteiger partial charge in [-0.25, -0.2) is 14.8 Å². The number of carbonyl (C=O) groups excluding carboxylic acids is 2. The molecule has 0 N–H and O–H groups in total. The van der Waals surface area contributed by atoms with Crippen LogP contribution in [0.3, 0.4) is 0 Å². The summed E-state index contributed by atoms with van der Waals surface area (Å²) in [5.41, 5.74) is 0.288. The summed E-state index contributed by atoms with van der Waals surface area (Å²) in [5, 5.41) is 0.604. The van der Waals surface area contributed by atoms with Crippen molar-refractivity contribution in [3.63, 3.8) is 0 Å². The lowest BCUT2D eigenvalue weighted by atomic mass is 9.74. The highest BCUT2D eigenvalue weighted by Crippen LogP contribution is 2.43. The number of esters is 1. The summed E-state index contributed by atoms with van der Waals surface area (Å²) in [7, 11) is 0. The molecule has 1 aliphatic heterocycles. The molecule has 0 radical (unpaired) electrons. The summed E-state index contributed by atoms with van der Waals surface area (Å²) in [6.45, 7) is 2.39. The zero-order valence-corrected chi connectivity index (χ0v) is 15.7. The first-order valence-electron chi connectivity index (χ1n) is 8.97. The van der Waals surface area contributed by atoms with Crippen LogP contribution >= 0.6 is 11.8 Å². The number of piperidine rings is 1. The van der Waals surface area contributed by atoms with Crippen LogP contribution in [0, 0.1) is 0 Å². The molecule has 1 spiro atoms. The van der Waals surface area contributed by atoms with Crippen molar-refractivity contribution in [1.29, 1.82) is 0 Å². The van der Waals surface area contributed by atoms with Crippen LogP contribution in [0.5, 0.6) is 0 Å². The average Bonchev–Trinajstić information content (AvgIpc) is 2.64. The molecule has 0 aromatic carbocycles. The van der Waals surface area contributed by atoms with E-state index in [1.807, 2.05) is 6.26 Å². The maximum absolute atomic E-state index is 12.4. The van der Waals surface area contributed by atoms with E-state index in [2.05, 4.69) is 14.9 Å². The Morgan fingerprint density at radius 2 is 2.08 bits per heavy atom. The summed E-state index contributed by atoms with van der Waals surface area (Å²) >= 11 is 1.43. The standard InChI is InChI=1S/C18H25N3O3S/c1-3-24-16(23)14-11-19-17(25-2)20-15(14)21-12-13(22)7-10-18(21)8-5-4-6-9-18/h11H,3-10,12H2,1-2H3. The highest BCUT2D eigenvalue weighted by Gasteiger charge is 2.44. The van der Waals surface area contributed by atoms with E-state index in [-0.39, 0.29) is 11.3 Å². The molecule has 1 aliphatic carbocycles. The van der Waals surface area contributed by atoms with Crippen molar-refractivity contribution in [2.75, 3.05) is 24.3 Å². The molecular weight excluding hydrogens is 338 g/mol. The van der Waals surface area contributed by atoms with Crippen molar-refractivity contribution in [1.82, 2.24) is 9.97 Å². The highest BCUT2D eigenvalue weighted by atomic mass is 32.2. The van der Waals surface area contributed by atoms with E-state index in [4.69, 9.17) is 4.74 Å². The van der Waals surface area contributed by atoms with Gasteiger partial charge in [0.25, 0.3) is 0 Å². The monoisotopic (exact) mass is 363 g/mol. The van der Waals surface area contributed by atoms with Crippen molar-refractivity contribution in [2.24, 2.45) is 0 Å². The number of thioether (sulfide) groups is 1. The van der Waals surface area contributed by atoms with Crippen LogP contribution in [0.4, 0.5) is 5.82 Å². The van der Waals surface area contributed by atoms with Gasteiger partial charge in [0, 0.05) is 18.2 Å². The number of ether oxygens (including phenoxy) is 1. The first-order valence-corrected chi connectivity index (χ1v) is 10.2. The summed E-state index contributed by atoms with van der Waals surface area (Å²) in [6.07, 6.45) is 10.5. The van der Waals surface area contributed by atoms with Crippen molar-refractivity contribution < 1.29 is 14.3 Å². The second-order valence-corrected chi connectivity index (χ2v) is 7.50. The van der Waals surface area contributed by atoms with E-state index in [9.17, 15) is 9.59 Å². The highest BCUT2D eigenvalue weighted by molar-refractivity contribution is 7.98. The van der Waals surface area contributed by atoms with E-state index >= 15 is 0 Å². The molecule has 0 bridgehead atoms. The van der Waals surface area contributed by atoms with Crippen LogP contribution in [0.1, 0.15) is 62.2 Å². The van der Waals surface area contributed by atoms with Crippen molar-refractivity contribution in [2.45, 2.75) is 62.6 Å². The van der Waals surface area contributed by atoms with Crippen molar-refractivity contribution in [3.8, 4) is 0 Å². The van der Waals surface area contributed by atoms with Gasteiger partial charge in [0.15, 0.2) is 10.9 Å². The summed E-state index contributed by atoms with van der Waals surface area (Å²) in [6, 6.07) is 0. The van der Waals surface area contributed by atoms with Crippen LogP contribution in [0.2, 0.25) is 0 Å². The molecule has 0 atom stereocenters. The fourth-order valence-corrected chi connectivity index (χ4v) is 4.31. The number of aromatic nitrogens is 2. The van der Waals surface area contributed by atoms with E-state index in [1.165, 1.54) is 18.2 Å². The Bertz CT molecular complexity index is 659. The number of hydrogen-bond donors (Lipinski definition) is 0. The van der Waals surface area contributed by atoms with E-state index in [1.54, 1.807) is 13.1 Å². The molecule has 2 fully saturated rings. The molecule has 1 saturated carbocycles. The number of nitrogens with zero attached hydrogens (tertiary/aromatic N) is 3.